The van der Waals surface area contributed by atoms with Crippen LogP contribution in [0.25, 0.3) is 0 Å². The van der Waals surface area contributed by atoms with Crippen molar-refractivity contribution in [2.24, 2.45) is 0 Å². The van der Waals surface area contributed by atoms with Crippen molar-refractivity contribution in [1.29, 1.82) is 0 Å². The van der Waals surface area contributed by atoms with Crippen LogP contribution in [0.1, 0.15) is 18.1 Å². The summed E-state index contributed by atoms with van der Waals surface area (Å²) in [6.07, 6.45) is -0.443. The van der Waals surface area contributed by atoms with Gasteiger partial charge in [-0.25, -0.2) is 4.79 Å². The number of benzene rings is 2. The Labute approximate surface area is 152 Å². The van der Waals surface area contributed by atoms with Gasteiger partial charge < -0.3 is 15.4 Å². The number of hydrogen-bond acceptors (Lipinski definition) is 4. The third kappa shape index (κ3) is 6.76. The van der Waals surface area contributed by atoms with E-state index in [-0.39, 0.29) is 25.4 Å². The highest BCUT2D eigenvalue weighted by molar-refractivity contribution is 5.91. The van der Waals surface area contributed by atoms with E-state index in [0.717, 1.165) is 11.1 Å². The maximum absolute atomic E-state index is 12.1. The molecule has 0 aliphatic heterocycles. The second-order valence-corrected chi connectivity index (χ2v) is 5.83. The van der Waals surface area contributed by atoms with E-state index in [9.17, 15) is 14.4 Å². The fourth-order valence-corrected chi connectivity index (χ4v) is 2.25. The highest BCUT2D eigenvalue weighted by Crippen LogP contribution is 2.02. The molecule has 0 aliphatic carbocycles. The number of ketones is 1. The van der Waals surface area contributed by atoms with Gasteiger partial charge in [-0.1, -0.05) is 60.7 Å². The molecule has 0 heterocycles. The Balaban J connectivity index is 1.67. The van der Waals surface area contributed by atoms with Crippen molar-refractivity contribution < 1.29 is 19.1 Å². The Kier molecular flexibility index (Phi) is 7.36. The number of carbonyl (C=O) groups is 3. The van der Waals surface area contributed by atoms with E-state index in [4.69, 9.17) is 4.74 Å². The van der Waals surface area contributed by atoms with Gasteiger partial charge in [0.2, 0.25) is 5.91 Å². The number of rotatable bonds is 8. The summed E-state index contributed by atoms with van der Waals surface area (Å²) >= 11 is 0. The molecule has 0 bridgehead atoms. The van der Waals surface area contributed by atoms with Crippen molar-refractivity contribution in [2.45, 2.75) is 26.0 Å². The minimum absolute atomic E-state index is 0.101. The third-order valence-corrected chi connectivity index (χ3v) is 3.69. The molecule has 0 aliphatic rings. The molecule has 0 fully saturated rings. The number of ether oxygens (including phenoxy) is 1. The molecule has 1 atom stereocenters. The summed E-state index contributed by atoms with van der Waals surface area (Å²) in [5.74, 6) is -0.549. The van der Waals surface area contributed by atoms with Crippen LogP contribution in [0.2, 0.25) is 0 Å². The molecule has 0 unspecified atom stereocenters. The highest BCUT2D eigenvalue weighted by Gasteiger charge is 2.16. The maximum atomic E-state index is 12.1. The Morgan fingerprint density at radius 3 is 2.12 bits per heavy atom. The van der Waals surface area contributed by atoms with E-state index in [2.05, 4.69) is 10.6 Å². The second-order valence-electron chi connectivity index (χ2n) is 5.83. The summed E-state index contributed by atoms with van der Waals surface area (Å²) in [6, 6.07) is 17.9. The average Bonchev–Trinajstić information content (AvgIpc) is 2.66. The number of nitrogens with one attached hydrogen (secondary N) is 2. The molecule has 6 heteroatoms. The standard InChI is InChI=1S/C20H22N2O4/c1-15(18(23)12-16-8-4-2-5-9-16)22-19(24)13-21-20(25)26-14-17-10-6-3-7-11-17/h2-11,15H,12-14H2,1H3,(H,21,25)(H,22,24)/t15-/m0/s1. The molecule has 6 nitrogen and oxygen atoms in total. The van der Waals surface area contributed by atoms with Crippen molar-refractivity contribution in [3.8, 4) is 0 Å². The SMILES string of the molecule is C[C@H](NC(=O)CNC(=O)OCc1ccccc1)C(=O)Cc1ccccc1. The summed E-state index contributed by atoms with van der Waals surface area (Å²) in [4.78, 5) is 35.6. The molecule has 0 spiro atoms. The summed E-state index contributed by atoms with van der Waals surface area (Å²) in [6.45, 7) is 1.49. The quantitative estimate of drug-likeness (QED) is 0.761. The van der Waals surface area contributed by atoms with Gasteiger partial charge >= 0.3 is 6.09 Å². The first-order valence-corrected chi connectivity index (χ1v) is 8.35. The number of amides is 2. The zero-order valence-corrected chi connectivity index (χ0v) is 14.6. The lowest BCUT2D eigenvalue weighted by atomic mass is 10.0. The molecule has 136 valence electrons. The summed E-state index contributed by atoms with van der Waals surface area (Å²) in [5, 5.41) is 4.93. The average molecular weight is 354 g/mol. The lowest BCUT2D eigenvalue weighted by molar-refractivity contribution is -0.126. The Morgan fingerprint density at radius 1 is 0.923 bits per heavy atom. The van der Waals surface area contributed by atoms with Crippen LogP contribution >= 0.6 is 0 Å². The number of carbonyl (C=O) groups excluding carboxylic acids is 3. The molecule has 2 aromatic rings. The van der Waals surface area contributed by atoms with Gasteiger partial charge in [-0.05, 0) is 18.1 Å². The third-order valence-electron chi connectivity index (χ3n) is 3.69. The van der Waals surface area contributed by atoms with Gasteiger partial charge in [0.15, 0.2) is 5.78 Å². The molecular formula is C20H22N2O4. The number of Topliss-reactive ketones (excluding diaryl/α,β-unsaturated/α-hetero) is 1. The van der Waals surface area contributed by atoms with Crippen molar-refractivity contribution in [2.75, 3.05) is 6.54 Å². The minimum atomic E-state index is -0.688. The van der Waals surface area contributed by atoms with Crippen LogP contribution in [-0.4, -0.2) is 30.4 Å². The molecule has 0 radical (unpaired) electrons. The molecule has 0 saturated carbocycles. The predicted molar refractivity (Wildman–Crippen MR) is 97.4 cm³/mol. The highest BCUT2D eigenvalue weighted by atomic mass is 16.5. The molecule has 2 amide bonds. The van der Waals surface area contributed by atoms with Crippen LogP contribution in [0, 0.1) is 0 Å². The van der Waals surface area contributed by atoms with E-state index in [1.165, 1.54) is 0 Å². The van der Waals surface area contributed by atoms with E-state index < -0.39 is 18.0 Å². The first-order valence-electron chi connectivity index (χ1n) is 8.35. The van der Waals surface area contributed by atoms with Crippen LogP contribution in [0.5, 0.6) is 0 Å². The van der Waals surface area contributed by atoms with Crippen molar-refractivity contribution in [3.05, 3.63) is 71.8 Å². The van der Waals surface area contributed by atoms with Gasteiger partial charge in [-0.15, -0.1) is 0 Å². The predicted octanol–water partition coefficient (Wildman–Crippen LogP) is 2.23. The summed E-state index contributed by atoms with van der Waals surface area (Å²) in [7, 11) is 0. The molecule has 2 N–H and O–H groups in total. The van der Waals surface area contributed by atoms with Gasteiger partial charge in [-0.3, -0.25) is 9.59 Å². The molecule has 2 rings (SSSR count). The molecular weight excluding hydrogens is 332 g/mol. The normalized spacial score (nSPS) is 11.3. The summed E-state index contributed by atoms with van der Waals surface area (Å²) in [5.41, 5.74) is 1.74. The largest absolute Gasteiger partial charge is 0.445 e. The van der Waals surface area contributed by atoms with Crippen LogP contribution in [0.15, 0.2) is 60.7 Å². The van der Waals surface area contributed by atoms with E-state index >= 15 is 0 Å². The first-order chi connectivity index (χ1) is 12.5. The molecule has 0 aromatic heterocycles. The van der Waals surface area contributed by atoms with Crippen LogP contribution in [0.4, 0.5) is 4.79 Å². The Bertz CT molecular complexity index is 732. The fraction of sp³-hybridized carbons (Fsp3) is 0.250. The fourth-order valence-electron chi connectivity index (χ4n) is 2.25. The Morgan fingerprint density at radius 2 is 1.50 bits per heavy atom. The van der Waals surface area contributed by atoms with Crippen LogP contribution in [-0.2, 0) is 27.4 Å². The minimum Gasteiger partial charge on any atom is -0.445 e. The van der Waals surface area contributed by atoms with Crippen molar-refractivity contribution in [1.82, 2.24) is 10.6 Å². The van der Waals surface area contributed by atoms with E-state index in [1.54, 1.807) is 6.92 Å². The Hall–Kier alpha value is -3.15. The maximum Gasteiger partial charge on any atom is 0.407 e. The van der Waals surface area contributed by atoms with E-state index in [0.29, 0.717) is 0 Å². The van der Waals surface area contributed by atoms with Crippen molar-refractivity contribution in [3.63, 3.8) is 0 Å². The van der Waals surface area contributed by atoms with E-state index in [1.807, 2.05) is 60.7 Å². The lowest BCUT2D eigenvalue weighted by Gasteiger charge is -2.13. The summed E-state index contributed by atoms with van der Waals surface area (Å²) < 4.78 is 5.01. The van der Waals surface area contributed by atoms with Crippen molar-refractivity contribution >= 4 is 17.8 Å². The molecule has 26 heavy (non-hydrogen) atoms. The van der Waals surface area contributed by atoms with Gasteiger partial charge in [0.1, 0.15) is 13.2 Å². The smallest absolute Gasteiger partial charge is 0.407 e. The van der Waals surface area contributed by atoms with Crippen LogP contribution in [0.3, 0.4) is 0 Å². The van der Waals surface area contributed by atoms with Gasteiger partial charge in [-0.2, -0.15) is 0 Å². The number of hydrogen-bond donors (Lipinski definition) is 2. The van der Waals surface area contributed by atoms with Gasteiger partial charge in [0, 0.05) is 6.42 Å². The monoisotopic (exact) mass is 354 g/mol. The topological polar surface area (TPSA) is 84.5 Å². The first kappa shape index (κ1) is 19.2. The van der Waals surface area contributed by atoms with Gasteiger partial charge in [0.05, 0.1) is 6.04 Å². The zero-order chi connectivity index (χ0) is 18.8. The molecule has 2 aromatic carbocycles. The zero-order valence-electron chi connectivity index (χ0n) is 14.6. The van der Waals surface area contributed by atoms with Gasteiger partial charge in [0.25, 0.3) is 0 Å². The van der Waals surface area contributed by atoms with Crippen LogP contribution < -0.4 is 10.6 Å². The number of alkyl carbamates (subject to hydrolysis) is 1. The second kappa shape index (κ2) is 9.98. The lowest BCUT2D eigenvalue weighted by Crippen LogP contribution is -2.44. The molecule has 0 saturated heterocycles.